The molecular weight excluding hydrogens is 592 g/mol. The number of hydrogen-bond donors (Lipinski definition) is 2. The van der Waals surface area contributed by atoms with Crippen LogP contribution in [-0.4, -0.2) is 101 Å². The summed E-state index contributed by atoms with van der Waals surface area (Å²) in [4.78, 5) is 53.3. The van der Waals surface area contributed by atoms with E-state index in [2.05, 4.69) is 21.1 Å². The van der Waals surface area contributed by atoms with Crippen LogP contribution in [0.15, 0.2) is 46.0 Å². The van der Waals surface area contributed by atoms with Gasteiger partial charge < -0.3 is 25.0 Å². The van der Waals surface area contributed by atoms with E-state index in [1.165, 1.54) is 11.3 Å². The molecule has 0 bridgehead atoms. The predicted molar refractivity (Wildman–Crippen MR) is 163 cm³/mol. The minimum absolute atomic E-state index is 0.117. The number of nitrogens with zero attached hydrogens (tertiary/aromatic N) is 5. The largest absolute Gasteiger partial charge is 0.481 e. The van der Waals surface area contributed by atoms with E-state index >= 15 is 0 Å². The Kier molecular flexibility index (Phi) is 8.78. The molecule has 0 unspecified atom stereocenters. The van der Waals surface area contributed by atoms with E-state index in [9.17, 15) is 19.5 Å². The van der Waals surface area contributed by atoms with Crippen molar-refractivity contribution >= 4 is 46.7 Å². The zero-order valence-corrected chi connectivity index (χ0v) is 25.7. The zero-order valence-electron chi connectivity index (χ0n) is 24.2. The van der Waals surface area contributed by atoms with Gasteiger partial charge in [0.05, 0.1) is 23.6 Å². The molecule has 2 saturated heterocycles. The Bertz CT molecular complexity index is 1530. The van der Waals surface area contributed by atoms with Crippen molar-refractivity contribution < 1.29 is 24.2 Å². The molecule has 2 atom stereocenters. The van der Waals surface area contributed by atoms with Crippen LogP contribution in [0, 0.1) is 17.8 Å². The smallest absolute Gasteiger partial charge is 0.338 e. The van der Waals surface area contributed by atoms with Crippen molar-refractivity contribution in [1.29, 1.82) is 0 Å². The van der Waals surface area contributed by atoms with Gasteiger partial charge >= 0.3 is 18.0 Å². The highest BCUT2D eigenvalue weighted by molar-refractivity contribution is 7.11. The Hall–Kier alpha value is -3.92. The maximum Gasteiger partial charge on any atom is 0.338 e. The summed E-state index contributed by atoms with van der Waals surface area (Å²) in [6, 6.07) is 4.14. The second-order valence-electron chi connectivity index (χ2n) is 11.3. The first-order valence-corrected chi connectivity index (χ1v) is 15.2. The van der Waals surface area contributed by atoms with Crippen molar-refractivity contribution in [2.24, 2.45) is 10.4 Å². The fourth-order valence-electron chi connectivity index (χ4n) is 5.62. The molecule has 0 aliphatic carbocycles. The van der Waals surface area contributed by atoms with Gasteiger partial charge in [0.15, 0.2) is 10.8 Å². The van der Waals surface area contributed by atoms with E-state index in [0.717, 1.165) is 0 Å². The second kappa shape index (κ2) is 12.4. The fraction of sp³-hybridized carbons (Fsp3) is 0.433. The molecule has 11 nitrogen and oxygen atoms in total. The second-order valence-corrected chi connectivity index (χ2v) is 12.6. The number of piperazine rings is 1. The normalized spacial score (nSPS) is 20.8. The number of urea groups is 1. The lowest BCUT2D eigenvalue weighted by atomic mass is 9.92. The predicted octanol–water partition coefficient (Wildman–Crippen LogP) is 3.22. The number of carboxylic acids is 1. The molecule has 2 aromatic rings. The van der Waals surface area contributed by atoms with Crippen LogP contribution in [0.25, 0.3) is 0 Å². The van der Waals surface area contributed by atoms with Crippen LogP contribution in [0.4, 0.5) is 4.79 Å². The number of halogens is 1. The van der Waals surface area contributed by atoms with Gasteiger partial charge in [-0.05, 0) is 38.5 Å². The number of aromatic nitrogens is 1. The minimum Gasteiger partial charge on any atom is -0.481 e. The zero-order chi connectivity index (χ0) is 30.9. The summed E-state index contributed by atoms with van der Waals surface area (Å²) >= 11 is 7.66. The Morgan fingerprint density at radius 1 is 1.30 bits per heavy atom. The van der Waals surface area contributed by atoms with E-state index in [1.54, 1.807) is 50.1 Å². The summed E-state index contributed by atoms with van der Waals surface area (Å²) in [5, 5.41) is 15.9. The number of aliphatic carboxylic acids is 1. The summed E-state index contributed by atoms with van der Waals surface area (Å²) in [6.07, 6.45) is 7.54. The van der Waals surface area contributed by atoms with Crippen LogP contribution in [0.2, 0.25) is 5.02 Å². The number of hydrogen-bond acceptors (Lipinski definition) is 9. The summed E-state index contributed by atoms with van der Waals surface area (Å²) in [5.41, 5.74) is 1.06. The van der Waals surface area contributed by atoms with E-state index < -0.39 is 23.4 Å². The highest BCUT2D eigenvalue weighted by Crippen LogP contribution is 2.36. The first kappa shape index (κ1) is 30.5. The fourth-order valence-corrected chi connectivity index (χ4v) is 6.38. The van der Waals surface area contributed by atoms with Gasteiger partial charge in [-0.2, -0.15) is 0 Å². The highest BCUT2D eigenvalue weighted by atomic mass is 35.5. The van der Waals surface area contributed by atoms with Crippen molar-refractivity contribution in [3.05, 3.63) is 62.2 Å². The molecular formula is C30H33ClN6O5S. The Morgan fingerprint density at radius 3 is 2.77 bits per heavy atom. The standard InChI is InChI=1S/C30H33ClN6O5S/c1-5-18-13-19(31)7-8-21(18)24-23(27(38)42-6-2)22(33-25(34-24)26-32-9-12-43-26)16-35-10-11-37-20(14-35)15-36(29(37)41)17-30(3,4)28(39)40/h1,7-9,12-13,20,24H,6,10-11,14-17H2,2-4H3,(H,33,34)(H,39,40)/t20-,24-/m0/s1. The molecule has 226 valence electrons. The van der Waals surface area contributed by atoms with E-state index in [1.807, 2.05) is 10.3 Å². The molecule has 3 aliphatic heterocycles. The molecule has 1 aromatic carbocycles. The summed E-state index contributed by atoms with van der Waals surface area (Å²) in [5.74, 6) is 1.73. The number of terminal acetylenes is 1. The van der Waals surface area contributed by atoms with Crippen LogP contribution in [0.5, 0.6) is 0 Å². The van der Waals surface area contributed by atoms with Gasteiger partial charge in [-0.3, -0.25) is 14.7 Å². The van der Waals surface area contributed by atoms with Gasteiger partial charge in [-0.15, -0.1) is 17.8 Å². The molecule has 2 fully saturated rings. The molecule has 5 rings (SSSR count). The molecule has 4 heterocycles. The maximum atomic E-state index is 13.5. The number of carboxylic acid groups (broad SMARTS) is 1. The molecule has 0 radical (unpaired) electrons. The number of esters is 1. The van der Waals surface area contributed by atoms with Gasteiger partial charge in [0.1, 0.15) is 6.04 Å². The number of amidine groups is 1. The lowest BCUT2D eigenvalue weighted by Crippen LogP contribution is -2.53. The number of carbonyl (C=O) groups excluding carboxylic acids is 2. The lowest BCUT2D eigenvalue weighted by molar-refractivity contribution is -0.147. The first-order valence-electron chi connectivity index (χ1n) is 13.9. The van der Waals surface area contributed by atoms with Gasteiger partial charge in [0.2, 0.25) is 0 Å². The number of benzene rings is 1. The Morgan fingerprint density at radius 2 is 2.09 bits per heavy atom. The summed E-state index contributed by atoms with van der Waals surface area (Å²) < 4.78 is 5.52. The highest BCUT2D eigenvalue weighted by Gasteiger charge is 2.44. The molecule has 13 heteroatoms. The monoisotopic (exact) mass is 624 g/mol. The van der Waals surface area contributed by atoms with E-state index in [4.69, 9.17) is 27.8 Å². The van der Waals surface area contributed by atoms with Gasteiger partial charge in [-0.25, -0.2) is 14.6 Å². The third-order valence-corrected chi connectivity index (χ3v) is 8.80. The average Bonchev–Trinajstić information content (AvgIpc) is 3.61. The topological polar surface area (TPSA) is 128 Å². The number of carbonyl (C=O) groups is 3. The minimum atomic E-state index is -1.06. The van der Waals surface area contributed by atoms with Crippen LogP contribution >= 0.6 is 22.9 Å². The van der Waals surface area contributed by atoms with Gasteiger partial charge in [0.25, 0.3) is 0 Å². The third-order valence-electron chi connectivity index (χ3n) is 7.78. The van der Waals surface area contributed by atoms with E-state index in [0.29, 0.717) is 71.0 Å². The lowest BCUT2D eigenvalue weighted by Gasteiger charge is -2.38. The molecule has 43 heavy (non-hydrogen) atoms. The third kappa shape index (κ3) is 6.25. The molecule has 0 spiro atoms. The van der Waals surface area contributed by atoms with Gasteiger partial charge in [-0.1, -0.05) is 23.6 Å². The number of amides is 2. The van der Waals surface area contributed by atoms with Crippen LogP contribution < -0.4 is 5.32 Å². The van der Waals surface area contributed by atoms with Crippen molar-refractivity contribution in [3.8, 4) is 12.3 Å². The molecule has 2 amide bonds. The molecule has 3 aliphatic rings. The molecule has 2 N–H and O–H groups in total. The molecule has 0 saturated carbocycles. The number of rotatable bonds is 9. The van der Waals surface area contributed by atoms with Crippen molar-refractivity contribution in [2.75, 3.05) is 45.9 Å². The van der Waals surface area contributed by atoms with Crippen molar-refractivity contribution in [3.63, 3.8) is 0 Å². The van der Waals surface area contributed by atoms with Crippen LogP contribution in [0.1, 0.15) is 42.9 Å². The van der Waals surface area contributed by atoms with Gasteiger partial charge in [0, 0.05) is 67.1 Å². The van der Waals surface area contributed by atoms with Crippen molar-refractivity contribution in [2.45, 2.75) is 32.9 Å². The maximum absolute atomic E-state index is 13.5. The Balaban J connectivity index is 1.47. The number of aliphatic imine (C=N–C) groups is 1. The van der Waals surface area contributed by atoms with E-state index in [-0.39, 0.29) is 25.2 Å². The average molecular weight is 625 g/mol. The summed E-state index contributed by atoms with van der Waals surface area (Å²) in [7, 11) is 0. The number of ether oxygens (including phenoxy) is 1. The van der Waals surface area contributed by atoms with Crippen LogP contribution in [0.3, 0.4) is 0 Å². The van der Waals surface area contributed by atoms with Crippen molar-refractivity contribution in [1.82, 2.24) is 25.0 Å². The number of thiazole rings is 1. The number of nitrogens with one attached hydrogen (secondary N) is 1. The quantitative estimate of drug-likeness (QED) is 0.322. The number of fused-ring (bicyclic) bond motifs is 1. The van der Waals surface area contributed by atoms with Crippen LogP contribution in [-0.2, 0) is 14.3 Å². The SMILES string of the molecule is C#Cc1cc(Cl)ccc1[C@@H]1N=C(c2nccs2)NC(CN2CCN3C(=O)N(CC(C)(C)C(=O)O)C[C@@H]3C2)=C1C(=O)OCC. The first-order chi connectivity index (χ1) is 20.5. The Labute approximate surface area is 259 Å². The summed E-state index contributed by atoms with van der Waals surface area (Å²) in [6.45, 7) is 7.65. The molecule has 1 aromatic heterocycles.